The van der Waals surface area contributed by atoms with Crippen LogP contribution in [0.15, 0.2) is 0 Å². The Labute approximate surface area is 122 Å². The van der Waals surface area contributed by atoms with Crippen LogP contribution in [-0.2, 0) is 13.7 Å². The minimum absolute atomic E-state index is 0.504. The van der Waals surface area contributed by atoms with Gasteiger partial charge in [0.15, 0.2) is 0 Å². The third-order valence-corrected chi connectivity index (χ3v) is 3.80. The lowest BCUT2D eigenvalue weighted by Crippen LogP contribution is -2.41. The molecule has 0 aromatic heterocycles. The Morgan fingerprint density at radius 1 is 1.00 bits per heavy atom. The number of hydrogen-bond acceptors (Lipinski definition) is 7. The maximum absolute atomic E-state index is 11.7. The summed E-state index contributed by atoms with van der Waals surface area (Å²) in [6, 6.07) is 0. The Hall–Kier alpha value is -0.0100. The monoisotopic (exact) mass is 308 g/mol. The molecular formula is C12H29N4O3P. The fraction of sp³-hybridized carbons (Fsp3) is 1.00. The van der Waals surface area contributed by atoms with Gasteiger partial charge < -0.3 is 20.5 Å². The maximum atomic E-state index is 11.7. The first-order valence-electron chi connectivity index (χ1n) is 7.54. The largest absolute Gasteiger partial charge is 0.335 e. The molecule has 1 unspecified atom stereocenters. The second-order valence-electron chi connectivity index (χ2n) is 4.72. The van der Waals surface area contributed by atoms with Gasteiger partial charge in [-0.25, -0.2) is 4.62 Å². The zero-order valence-electron chi connectivity index (χ0n) is 12.5. The van der Waals surface area contributed by atoms with Gasteiger partial charge in [0.1, 0.15) is 0 Å². The van der Waals surface area contributed by atoms with Crippen molar-refractivity contribution in [2.45, 2.75) is 19.8 Å². The number of unbranched alkanes of at least 4 members (excludes halogenated alkanes) is 1. The lowest BCUT2D eigenvalue weighted by Gasteiger charge is -2.22. The summed E-state index contributed by atoms with van der Waals surface area (Å²) in [7, 11) is -2.42. The molecule has 0 saturated carbocycles. The molecule has 8 heteroatoms. The molecule has 0 aromatic carbocycles. The molecule has 7 nitrogen and oxygen atoms in total. The van der Waals surface area contributed by atoms with Crippen molar-refractivity contribution in [2.75, 3.05) is 59.0 Å². The Kier molecular flexibility index (Phi) is 11.5. The SMILES string of the molecule is CCCCO[PH](=O)ON1CCNCCNCCNCC1. The minimum atomic E-state index is -2.42. The summed E-state index contributed by atoms with van der Waals surface area (Å²) < 4.78 is 22.3. The predicted octanol–water partition coefficient (Wildman–Crippen LogP) is 0.209. The molecule has 120 valence electrons. The van der Waals surface area contributed by atoms with Gasteiger partial charge in [0.2, 0.25) is 0 Å². The summed E-state index contributed by atoms with van der Waals surface area (Å²) in [5.74, 6) is 0. The molecule has 1 atom stereocenters. The average molecular weight is 308 g/mol. The van der Waals surface area contributed by atoms with Crippen LogP contribution < -0.4 is 16.0 Å². The van der Waals surface area contributed by atoms with Crippen molar-refractivity contribution in [1.82, 2.24) is 21.0 Å². The standard InChI is InChI=1S/C12H29N4O3P/c1-2-3-12-18-20(17)19-16-10-8-14-6-4-13-5-7-15-9-11-16/h13-15,20H,2-12H2,1H3. The molecule has 1 aliphatic rings. The van der Waals surface area contributed by atoms with Gasteiger partial charge >= 0.3 is 8.25 Å². The van der Waals surface area contributed by atoms with E-state index >= 15 is 0 Å². The second-order valence-corrected chi connectivity index (χ2v) is 5.69. The van der Waals surface area contributed by atoms with Crippen LogP contribution in [0.25, 0.3) is 0 Å². The molecule has 0 aliphatic carbocycles. The van der Waals surface area contributed by atoms with Crippen molar-refractivity contribution < 1.29 is 13.7 Å². The molecule has 1 aliphatic heterocycles. The molecule has 0 amide bonds. The Morgan fingerprint density at radius 3 is 2.10 bits per heavy atom. The molecule has 0 aromatic rings. The normalized spacial score (nSPS) is 21.9. The Bertz CT molecular complexity index is 247. The van der Waals surface area contributed by atoms with Crippen LogP contribution in [0.3, 0.4) is 0 Å². The lowest BCUT2D eigenvalue weighted by atomic mass is 10.4. The maximum Gasteiger partial charge on any atom is 0.335 e. The van der Waals surface area contributed by atoms with Gasteiger partial charge in [-0.3, -0.25) is 4.57 Å². The van der Waals surface area contributed by atoms with Crippen LogP contribution in [0, 0.1) is 0 Å². The average Bonchev–Trinajstić information content (AvgIpc) is 2.42. The summed E-state index contributed by atoms with van der Waals surface area (Å²) in [6.07, 6.45) is 1.94. The summed E-state index contributed by atoms with van der Waals surface area (Å²) >= 11 is 0. The lowest BCUT2D eigenvalue weighted by molar-refractivity contribution is -0.0614. The summed E-state index contributed by atoms with van der Waals surface area (Å²) in [5.41, 5.74) is 0. The fourth-order valence-electron chi connectivity index (χ4n) is 1.77. The molecule has 3 N–H and O–H groups in total. The van der Waals surface area contributed by atoms with Crippen LogP contribution in [0.5, 0.6) is 0 Å². The van der Waals surface area contributed by atoms with E-state index in [0.29, 0.717) is 19.7 Å². The number of nitrogens with one attached hydrogen (secondary N) is 3. The van der Waals surface area contributed by atoms with Crippen LogP contribution in [0.4, 0.5) is 0 Å². The molecule has 0 radical (unpaired) electrons. The highest BCUT2D eigenvalue weighted by Crippen LogP contribution is 2.25. The molecule has 0 bridgehead atoms. The van der Waals surface area contributed by atoms with Gasteiger partial charge in [0.05, 0.1) is 6.61 Å². The highest BCUT2D eigenvalue weighted by Gasteiger charge is 2.10. The van der Waals surface area contributed by atoms with E-state index in [1.165, 1.54) is 0 Å². The Balaban J connectivity index is 2.25. The first-order valence-corrected chi connectivity index (χ1v) is 8.77. The quantitative estimate of drug-likeness (QED) is 0.478. The van der Waals surface area contributed by atoms with Crippen LogP contribution >= 0.6 is 8.25 Å². The summed E-state index contributed by atoms with van der Waals surface area (Å²) in [6.45, 7) is 9.38. The van der Waals surface area contributed by atoms with Gasteiger partial charge in [-0.05, 0) is 6.42 Å². The smallest absolute Gasteiger partial charge is 0.314 e. The van der Waals surface area contributed by atoms with Crippen LogP contribution in [0.1, 0.15) is 19.8 Å². The number of hydroxylamine groups is 2. The van der Waals surface area contributed by atoms with Crippen molar-refractivity contribution in [2.24, 2.45) is 0 Å². The first-order chi connectivity index (χ1) is 9.83. The van der Waals surface area contributed by atoms with E-state index in [-0.39, 0.29) is 0 Å². The first kappa shape index (κ1) is 18.0. The molecule has 1 saturated heterocycles. The van der Waals surface area contributed by atoms with E-state index in [1.54, 1.807) is 5.06 Å². The van der Waals surface area contributed by atoms with Gasteiger partial charge in [0.25, 0.3) is 0 Å². The highest BCUT2D eigenvalue weighted by molar-refractivity contribution is 7.33. The summed E-state index contributed by atoms with van der Waals surface area (Å²) in [4.78, 5) is 0. The predicted molar refractivity (Wildman–Crippen MR) is 81.1 cm³/mol. The molecule has 1 fully saturated rings. The van der Waals surface area contributed by atoms with E-state index in [2.05, 4.69) is 22.9 Å². The highest BCUT2D eigenvalue weighted by atomic mass is 31.1. The molecule has 1 rings (SSSR count). The molecule has 1 heterocycles. The topological polar surface area (TPSA) is 74.9 Å². The van der Waals surface area contributed by atoms with Crippen molar-refractivity contribution in [1.29, 1.82) is 0 Å². The zero-order valence-corrected chi connectivity index (χ0v) is 13.5. The van der Waals surface area contributed by atoms with Gasteiger partial charge in [0, 0.05) is 52.4 Å². The van der Waals surface area contributed by atoms with Crippen LogP contribution in [-0.4, -0.2) is 64.0 Å². The van der Waals surface area contributed by atoms with Crippen LogP contribution in [0.2, 0.25) is 0 Å². The third kappa shape index (κ3) is 9.83. The van der Waals surface area contributed by atoms with Gasteiger partial charge in [-0.15, -0.1) is 0 Å². The van der Waals surface area contributed by atoms with Crippen molar-refractivity contribution in [3.8, 4) is 0 Å². The molecule has 0 spiro atoms. The second kappa shape index (κ2) is 12.7. The minimum Gasteiger partial charge on any atom is -0.314 e. The van der Waals surface area contributed by atoms with E-state index in [1.807, 2.05) is 0 Å². The van der Waals surface area contributed by atoms with E-state index in [4.69, 9.17) is 9.15 Å². The summed E-state index contributed by atoms with van der Waals surface area (Å²) in [5, 5.41) is 11.7. The number of nitrogens with zero attached hydrogens (tertiary/aromatic N) is 1. The molecule has 20 heavy (non-hydrogen) atoms. The number of rotatable bonds is 6. The van der Waals surface area contributed by atoms with Gasteiger partial charge in [-0.1, -0.05) is 13.3 Å². The van der Waals surface area contributed by atoms with Crippen molar-refractivity contribution in [3.05, 3.63) is 0 Å². The van der Waals surface area contributed by atoms with E-state index in [9.17, 15) is 4.57 Å². The van der Waals surface area contributed by atoms with Crippen molar-refractivity contribution in [3.63, 3.8) is 0 Å². The molecular weight excluding hydrogens is 279 g/mol. The van der Waals surface area contributed by atoms with Crippen molar-refractivity contribution >= 4 is 8.25 Å². The number of hydrogen-bond donors (Lipinski definition) is 3. The van der Waals surface area contributed by atoms with E-state index in [0.717, 1.165) is 52.1 Å². The third-order valence-electron chi connectivity index (χ3n) is 2.95. The van der Waals surface area contributed by atoms with E-state index < -0.39 is 8.25 Å². The fourth-order valence-corrected chi connectivity index (χ4v) is 2.53. The Morgan fingerprint density at radius 2 is 1.55 bits per heavy atom. The zero-order chi connectivity index (χ0) is 14.5. The van der Waals surface area contributed by atoms with Gasteiger partial charge in [-0.2, -0.15) is 5.06 Å².